The fraction of sp³-hybridized carbons (Fsp3) is 0.303. The van der Waals surface area contributed by atoms with Crippen LogP contribution in [0.3, 0.4) is 0 Å². The van der Waals surface area contributed by atoms with Gasteiger partial charge in [-0.1, -0.05) is 6.07 Å². The van der Waals surface area contributed by atoms with Gasteiger partial charge >= 0.3 is 18.4 Å². The standard InChI is InChI=1S/C33H28F5N3O7/c1-31(2,3)48-30(43)18-8-11-22(12-9-18)45-26-17-44-16-23-27(26)41(39-28(23)32(34,35)36)21-7-5-6-19(14-21)29(42)40(4)20-10-13-24-25(15-20)47-33(37,38)46-24/h5-15,26H,16-17H2,1-4H3. The lowest BCUT2D eigenvalue weighted by atomic mass is 10.1. The largest absolute Gasteiger partial charge is 0.586 e. The van der Waals surface area contributed by atoms with Crippen LogP contribution in [0.4, 0.5) is 27.6 Å². The number of hydrogen-bond acceptors (Lipinski definition) is 8. The lowest BCUT2D eigenvalue weighted by molar-refractivity contribution is -0.286. The first-order valence-electron chi connectivity index (χ1n) is 14.5. The number of esters is 1. The van der Waals surface area contributed by atoms with Gasteiger partial charge in [-0.05, 0) is 75.4 Å². The summed E-state index contributed by atoms with van der Waals surface area (Å²) in [4.78, 5) is 27.1. The summed E-state index contributed by atoms with van der Waals surface area (Å²) < 4.78 is 96.5. The maximum absolute atomic E-state index is 14.2. The van der Waals surface area contributed by atoms with Gasteiger partial charge in [0, 0.05) is 29.9 Å². The van der Waals surface area contributed by atoms with Crippen LogP contribution in [0.5, 0.6) is 17.2 Å². The van der Waals surface area contributed by atoms with Crippen molar-refractivity contribution in [2.24, 2.45) is 0 Å². The number of nitrogens with zero attached hydrogens (tertiary/aromatic N) is 3. The Morgan fingerprint density at radius 3 is 2.35 bits per heavy atom. The molecule has 1 atom stereocenters. The van der Waals surface area contributed by atoms with Crippen LogP contribution < -0.4 is 19.1 Å². The van der Waals surface area contributed by atoms with Gasteiger partial charge in [-0.3, -0.25) is 4.79 Å². The lowest BCUT2D eigenvalue weighted by Gasteiger charge is -2.26. The fourth-order valence-electron chi connectivity index (χ4n) is 5.20. The molecule has 0 radical (unpaired) electrons. The molecule has 15 heteroatoms. The van der Waals surface area contributed by atoms with Crippen molar-refractivity contribution < 1.29 is 55.2 Å². The highest BCUT2D eigenvalue weighted by Crippen LogP contribution is 2.43. The van der Waals surface area contributed by atoms with Gasteiger partial charge in [0.1, 0.15) is 11.4 Å². The van der Waals surface area contributed by atoms with Gasteiger partial charge in [-0.2, -0.15) is 18.3 Å². The predicted octanol–water partition coefficient (Wildman–Crippen LogP) is 7.09. The van der Waals surface area contributed by atoms with Crippen LogP contribution >= 0.6 is 0 Å². The number of amides is 1. The number of hydrogen-bond donors (Lipinski definition) is 0. The van der Waals surface area contributed by atoms with E-state index in [1.54, 1.807) is 20.8 Å². The molecule has 0 fully saturated rings. The normalized spacial score (nSPS) is 16.6. The highest BCUT2D eigenvalue weighted by molar-refractivity contribution is 6.06. The van der Waals surface area contributed by atoms with Gasteiger partial charge < -0.3 is 28.6 Å². The van der Waals surface area contributed by atoms with Crippen molar-refractivity contribution in [3.05, 3.63) is 94.8 Å². The summed E-state index contributed by atoms with van der Waals surface area (Å²) in [6.45, 7) is 4.70. The van der Waals surface area contributed by atoms with E-state index in [0.717, 1.165) is 4.68 Å². The molecule has 6 rings (SSSR count). The molecule has 252 valence electrons. The maximum Gasteiger partial charge on any atom is 0.586 e. The number of benzene rings is 3. The zero-order chi connectivity index (χ0) is 34.6. The Morgan fingerprint density at radius 2 is 1.67 bits per heavy atom. The summed E-state index contributed by atoms with van der Waals surface area (Å²) in [6, 6.07) is 15.5. The van der Waals surface area contributed by atoms with Crippen LogP contribution in [0, 0.1) is 0 Å². The van der Waals surface area contributed by atoms with Crippen LogP contribution in [-0.4, -0.2) is 47.2 Å². The molecule has 2 aliphatic rings. The summed E-state index contributed by atoms with van der Waals surface area (Å²) >= 11 is 0. The van der Waals surface area contributed by atoms with Gasteiger partial charge in [0.05, 0.1) is 30.2 Å². The van der Waals surface area contributed by atoms with E-state index >= 15 is 0 Å². The Hall–Kier alpha value is -5.18. The lowest BCUT2D eigenvalue weighted by Crippen LogP contribution is -2.27. The first-order chi connectivity index (χ1) is 22.5. The van der Waals surface area contributed by atoms with Crippen LogP contribution in [0.2, 0.25) is 0 Å². The SMILES string of the molecule is CN(C(=O)c1cccc(-n2nc(C(F)(F)F)c3c2C(Oc2ccc(C(=O)OC(C)(C)C)cc2)COC3)c1)c1ccc2c(c1)OC(F)(F)O2. The van der Waals surface area contributed by atoms with Crippen LogP contribution in [0.15, 0.2) is 66.7 Å². The second-order valence-electron chi connectivity index (χ2n) is 12.0. The predicted molar refractivity (Wildman–Crippen MR) is 159 cm³/mol. The van der Waals surface area contributed by atoms with E-state index in [1.165, 1.54) is 78.7 Å². The van der Waals surface area contributed by atoms with E-state index in [2.05, 4.69) is 14.6 Å². The van der Waals surface area contributed by atoms with E-state index in [4.69, 9.17) is 14.2 Å². The zero-order valence-electron chi connectivity index (χ0n) is 25.9. The molecule has 0 saturated carbocycles. The summed E-state index contributed by atoms with van der Waals surface area (Å²) in [5.41, 5.74) is -1.38. The Morgan fingerprint density at radius 1 is 0.958 bits per heavy atom. The van der Waals surface area contributed by atoms with Crippen molar-refractivity contribution in [1.82, 2.24) is 9.78 Å². The number of rotatable bonds is 6. The molecule has 2 aliphatic heterocycles. The molecular weight excluding hydrogens is 645 g/mol. The molecule has 3 heterocycles. The van der Waals surface area contributed by atoms with Crippen molar-refractivity contribution in [1.29, 1.82) is 0 Å². The van der Waals surface area contributed by atoms with E-state index < -0.39 is 41.7 Å². The minimum Gasteiger partial charge on any atom is -0.482 e. The minimum atomic E-state index is -4.83. The first-order valence-corrected chi connectivity index (χ1v) is 14.5. The number of alkyl halides is 5. The molecule has 3 aromatic carbocycles. The number of aromatic nitrogens is 2. The van der Waals surface area contributed by atoms with Gasteiger partial charge in [0.2, 0.25) is 0 Å². The van der Waals surface area contributed by atoms with Crippen molar-refractivity contribution in [3.8, 4) is 22.9 Å². The van der Waals surface area contributed by atoms with Gasteiger partial charge in [0.25, 0.3) is 5.91 Å². The van der Waals surface area contributed by atoms with E-state index in [1.807, 2.05) is 0 Å². The molecular formula is C33H28F5N3O7. The molecule has 10 nitrogen and oxygen atoms in total. The van der Waals surface area contributed by atoms with E-state index in [9.17, 15) is 31.5 Å². The van der Waals surface area contributed by atoms with Crippen molar-refractivity contribution in [2.75, 3.05) is 18.6 Å². The molecule has 4 aromatic rings. The molecule has 1 amide bonds. The Balaban J connectivity index is 1.31. The molecule has 0 aliphatic carbocycles. The molecule has 0 bridgehead atoms. The fourth-order valence-corrected chi connectivity index (χ4v) is 5.20. The summed E-state index contributed by atoms with van der Waals surface area (Å²) in [5.74, 6) is -1.36. The number of carbonyl (C=O) groups excluding carboxylic acids is 2. The highest BCUT2D eigenvalue weighted by Gasteiger charge is 2.44. The Labute approximate surface area is 270 Å². The summed E-state index contributed by atoms with van der Waals surface area (Å²) in [5, 5.41) is 3.90. The van der Waals surface area contributed by atoms with Crippen LogP contribution in [0.1, 0.15) is 64.5 Å². The first kappa shape index (κ1) is 32.7. The molecule has 0 N–H and O–H groups in total. The van der Waals surface area contributed by atoms with Crippen LogP contribution in [0.25, 0.3) is 5.69 Å². The topological polar surface area (TPSA) is 101 Å². The van der Waals surface area contributed by atoms with Crippen LogP contribution in [-0.2, 0) is 22.3 Å². The van der Waals surface area contributed by atoms with E-state index in [0.29, 0.717) is 0 Å². The van der Waals surface area contributed by atoms with Crippen molar-refractivity contribution in [2.45, 2.75) is 51.6 Å². The second-order valence-corrected chi connectivity index (χ2v) is 12.0. The average Bonchev–Trinajstić information content (AvgIpc) is 3.57. The molecule has 0 saturated heterocycles. The third-order valence-electron chi connectivity index (χ3n) is 7.29. The number of ether oxygens (including phenoxy) is 5. The van der Waals surface area contributed by atoms with Gasteiger partial charge in [-0.15, -0.1) is 8.78 Å². The smallest absolute Gasteiger partial charge is 0.482 e. The summed E-state index contributed by atoms with van der Waals surface area (Å²) in [6.07, 6.45) is -9.73. The highest BCUT2D eigenvalue weighted by atomic mass is 19.4. The summed E-state index contributed by atoms with van der Waals surface area (Å²) in [7, 11) is 1.40. The van der Waals surface area contributed by atoms with Gasteiger partial charge in [-0.25, -0.2) is 9.48 Å². The number of carbonyl (C=O) groups is 2. The third kappa shape index (κ3) is 6.63. The maximum atomic E-state index is 14.2. The Bertz CT molecular complexity index is 1880. The molecule has 1 aromatic heterocycles. The van der Waals surface area contributed by atoms with Crippen molar-refractivity contribution in [3.63, 3.8) is 0 Å². The molecule has 1 unspecified atom stereocenters. The monoisotopic (exact) mass is 673 g/mol. The van der Waals surface area contributed by atoms with E-state index in [-0.39, 0.29) is 64.2 Å². The molecule has 0 spiro atoms. The number of halogens is 5. The quantitative estimate of drug-likeness (QED) is 0.158. The minimum absolute atomic E-state index is 0.0677. The number of anilines is 1. The average molecular weight is 674 g/mol. The Kier molecular flexibility index (Phi) is 8.06. The third-order valence-corrected chi connectivity index (χ3v) is 7.29. The second kappa shape index (κ2) is 11.8. The van der Waals surface area contributed by atoms with Gasteiger partial charge in [0.15, 0.2) is 23.3 Å². The molecule has 48 heavy (non-hydrogen) atoms. The van der Waals surface area contributed by atoms with Crippen molar-refractivity contribution >= 4 is 17.6 Å². The number of fused-ring (bicyclic) bond motifs is 2. The zero-order valence-corrected chi connectivity index (χ0v) is 25.9.